The van der Waals surface area contributed by atoms with Gasteiger partial charge in [0.05, 0.1) is 5.60 Å². The molecule has 0 aromatic heterocycles. The minimum absolute atomic E-state index is 0.0211. The van der Waals surface area contributed by atoms with E-state index in [0.29, 0.717) is 31.7 Å². The lowest BCUT2D eigenvalue weighted by atomic mass is 9.90. The van der Waals surface area contributed by atoms with Gasteiger partial charge < -0.3 is 15.3 Å². The van der Waals surface area contributed by atoms with Crippen LogP contribution in [0, 0.1) is 11.8 Å². The van der Waals surface area contributed by atoms with Gasteiger partial charge in [0, 0.05) is 32.0 Å². The summed E-state index contributed by atoms with van der Waals surface area (Å²) in [6, 6.07) is -0.0963. The van der Waals surface area contributed by atoms with E-state index in [9.17, 15) is 14.7 Å². The summed E-state index contributed by atoms with van der Waals surface area (Å²) in [5.41, 5.74) is -0.718. The van der Waals surface area contributed by atoms with Crippen LogP contribution >= 0.6 is 0 Å². The second-order valence-electron chi connectivity index (χ2n) is 8.25. The predicted molar refractivity (Wildman–Crippen MR) is 96.5 cm³/mol. The molecule has 0 aromatic carbocycles. The molecule has 2 amide bonds. The lowest BCUT2D eigenvalue weighted by molar-refractivity contribution is -0.131. The van der Waals surface area contributed by atoms with E-state index >= 15 is 0 Å². The molecule has 1 rings (SSSR count). The number of nitrogens with one attached hydrogen (secondary N) is 1. The van der Waals surface area contributed by atoms with Gasteiger partial charge in [0.2, 0.25) is 11.8 Å². The summed E-state index contributed by atoms with van der Waals surface area (Å²) in [7, 11) is 1.81. The fraction of sp³-hybridized carbons (Fsp3) is 0.895. The second-order valence-corrected chi connectivity index (χ2v) is 8.25. The first-order chi connectivity index (χ1) is 11.1. The normalized spacial score (nSPS) is 31.7. The molecule has 0 aliphatic carbocycles. The Morgan fingerprint density at radius 1 is 1.29 bits per heavy atom. The third-order valence-corrected chi connectivity index (χ3v) is 4.96. The Labute approximate surface area is 147 Å². The third-order valence-electron chi connectivity index (χ3n) is 4.96. The summed E-state index contributed by atoms with van der Waals surface area (Å²) >= 11 is 0. The summed E-state index contributed by atoms with van der Waals surface area (Å²) in [5, 5.41) is 13.5. The van der Waals surface area contributed by atoms with E-state index in [1.54, 1.807) is 11.9 Å². The van der Waals surface area contributed by atoms with Crippen LogP contribution in [0.2, 0.25) is 0 Å². The summed E-state index contributed by atoms with van der Waals surface area (Å²) in [4.78, 5) is 26.6. The summed E-state index contributed by atoms with van der Waals surface area (Å²) in [6.07, 6.45) is 4.94. The molecular weight excluding hydrogens is 304 g/mol. The highest BCUT2D eigenvalue weighted by atomic mass is 16.3. The van der Waals surface area contributed by atoms with Crippen molar-refractivity contribution in [2.45, 2.75) is 84.3 Å². The molecule has 5 heteroatoms. The average Bonchev–Trinajstić information content (AvgIpc) is 2.44. The number of amides is 2. The molecule has 2 unspecified atom stereocenters. The number of carbonyl (C=O) groups excluding carboxylic acids is 2. The quantitative estimate of drug-likeness (QED) is 0.812. The Morgan fingerprint density at radius 2 is 1.92 bits per heavy atom. The SMILES string of the molecule is CC(C)C[C@H]1CC(=O)N(C)CCCC(C)(O)CCCC(C)C(=O)N1. The highest BCUT2D eigenvalue weighted by Gasteiger charge is 2.25. The van der Waals surface area contributed by atoms with Gasteiger partial charge in [0.15, 0.2) is 0 Å². The molecule has 0 radical (unpaired) electrons. The average molecular weight is 341 g/mol. The largest absolute Gasteiger partial charge is 0.390 e. The smallest absolute Gasteiger partial charge is 0.224 e. The van der Waals surface area contributed by atoms with Gasteiger partial charge in [-0.15, -0.1) is 0 Å². The summed E-state index contributed by atoms with van der Waals surface area (Å²) in [6.45, 7) is 8.64. The zero-order chi connectivity index (χ0) is 18.3. The Kier molecular flexibility index (Phi) is 8.20. The van der Waals surface area contributed by atoms with Crippen LogP contribution in [0.15, 0.2) is 0 Å². The van der Waals surface area contributed by atoms with Gasteiger partial charge in [-0.1, -0.05) is 20.8 Å². The van der Waals surface area contributed by atoms with E-state index in [0.717, 1.165) is 25.7 Å². The Balaban J connectivity index is 2.82. The highest BCUT2D eigenvalue weighted by molar-refractivity contribution is 5.81. The van der Waals surface area contributed by atoms with Gasteiger partial charge in [0.25, 0.3) is 0 Å². The van der Waals surface area contributed by atoms with Crippen LogP contribution in [0.25, 0.3) is 0 Å². The molecule has 1 aliphatic heterocycles. The van der Waals surface area contributed by atoms with Crippen molar-refractivity contribution in [3.8, 4) is 0 Å². The summed E-state index contributed by atoms with van der Waals surface area (Å²) < 4.78 is 0. The van der Waals surface area contributed by atoms with Gasteiger partial charge in [-0.3, -0.25) is 9.59 Å². The molecule has 0 aromatic rings. The van der Waals surface area contributed by atoms with Crippen LogP contribution in [0.1, 0.15) is 72.6 Å². The van der Waals surface area contributed by atoms with Gasteiger partial charge in [-0.05, 0) is 51.4 Å². The van der Waals surface area contributed by atoms with E-state index in [4.69, 9.17) is 0 Å². The molecule has 1 aliphatic rings. The maximum absolute atomic E-state index is 12.4. The third kappa shape index (κ3) is 7.65. The first-order valence-corrected chi connectivity index (χ1v) is 9.37. The molecule has 1 heterocycles. The highest BCUT2D eigenvalue weighted by Crippen LogP contribution is 2.22. The number of hydrogen-bond acceptors (Lipinski definition) is 3. The van der Waals surface area contributed by atoms with Crippen molar-refractivity contribution in [2.24, 2.45) is 11.8 Å². The van der Waals surface area contributed by atoms with Crippen molar-refractivity contribution in [1.82, 2.24) is 10.2 Å². The number of hydrogen-bond donors (Lipinski definition) is 2. The Morgan fingerprint density at radius 3 is 2.54 bits per heavy atom. The van der Waals surface area contributed by atoms with E-state index < -0.39 is 5.60 Å². The van der Waals surface area contributed by atoms with Crippen LogP contribution in [-0.4, -0.2) is 47.1 Å². The van der Waals surface area contributed by atoms with Gasteiger partial charge >= 0.3 is 0 Å². The second kappa shape index (κ2) is 9.40. The summed E-state index contributed by atoms with van der Waals surface area (Å²) in [5.74, 6) is 0.419. The van der Waals surface area contributed by atoms with Crippen LogP contribution in [-0.2, 0) is 9.59 Å². The topological polar surface area (TPSA) is 69.6 Å². The minimum Gasteiger partial charge on any atom is -0.390 e. The molecule has 2 N–H and O–H groups in total. The number of rotatable bonds is 2. The molecule has 3 atom stereocenters. The van der Waals surface area contributed by atoms with E-state index in [2.05, 4.69) is 19.2 Å². The van der Waals surface area contributed by atoms with Crippen molar-refractivity contribution in [1.29, 1.82) is 0 Å². The van der Waals surface area contributed by atoms with Gasteiger partial charge in [-0.2, -0.15) is 0 Å². The maximum atomic E-state index is 12.4. The molecule has 0 bridgehead atoms. The first kappa shape index (κ1) is 20.9. The lowest BCUT2D eigenvalue weighted by Crippen LogP contribution is -2.43. The van der Waals surface area contributed by atoms with Crippen molar-refractivity contribution >= 4 is 11.8 Å². The van der Waals surface area contributed by atoms with Crippen LogP contribution in [0.4, 0.5) is 0 Å². The molecule has 1 saturated heterocycles. The fourth-order valence-corrected chi connectivity index (χ4v) is 3.34. The molecule has 24 heavy (non-hydrogen) atoms. The standard InChI is InChI=1S/C19H36N2O3/c1-14(2)12-16-13-17(22)21(5)11-7-10-19(4,24)9-6-8-15(3)18(23)20-16/h14-16,24H,6-13H2,1-5H3,(H,20,23)/t15?,16-,19?/m0/s1. The van der Waals surface area contributed by atoms with Crippen molar-refractivity contribution in [3.05, 3.63) is 0 Å². The molecule has 0 saturated carbocycles. The van der Waals surface area contributed by atoms with Crippen LogP contribution in [0.5, 0.6) is 0 Å². The zero-order valence-corrected chi connectivity index (χ0v) is 16.1. The van der Waals surface area contributed by atoms with Crippen LogP contribution < -0.4 is 5.32 Å². The fourth-order valence-electron chi connectivity index (χ4n) is 3.34. The monoisotopic (exact) mass is 340 g/mol. The van der Waals surface area contributed by atoms with Crippen molar-refractivity contribution in [2.75, 3.05) is 13.6 Å². The molecule has 5 nitrogen and oxygen atoms in total. The van der Waals surface area contributed by atoms with Crippen molar-refractivity contribution < 1.29 is 14.7 Å². The van der Waals surface area contributed by atoms with E-state index in [1.165, 1.54) is 0 Å². The van der Waals surface area contributed by atoms with Crippen LogP contribution in [0.3, 0.4) is 0 Å². The molecular formula is C19H36N2O3. The first-order valence-electron chi connectivity index (χ1n) is 9.37. The number of aliphatic hydroxyl groups is 1. The molecule has 140 valence electrons. The van der Waals surface area contributed by atoms with Gasteiger partial charge in [0.1, 0.15) is 0 Å². The minimum atomic E-state index is -0.718. The maximum Gasteiger partial charge on any atom is 0.224 e. The Hall–Kier alpha value is -1.10. The molecule has 0 spiro atoms. The van der Waals surface area contributed by atoms with Crippen molar-refractivity contribution in [3.63, 3.8) is 0 Å². The number of nitrogens with zero attached hydrogens (tertiary/aromatic N) is 1. The van der Waals surface area contributed by atoms with E-state index in [-0.39, 0.29) is 23.8 Å². The number of carbonyl (C=O) groups is 2. The predicted octanol–water partition coefficient (Wildman–Crippen LogP) is 2.72. The molecule has 1 fully saturated rings. The van der Waals surface area contributed by atoms with E-state index in [1.807, 2.05) is 13.8 Å². The zero-order valence-electron chi connectivity index (χ0n) is 16.1. The lowest BCUT2D eigenvalue weighted by Gasteiger charge is -2.28. The van der Waals surface area contributed by atoms with Gasteiger partial charge in [-0.25, -0.2) is 0 Å². The Bertz CT molecular complexity index is 389.